The van der Waals surface area contributed by atoms with Crippen LogP contribution in [0.25, 0.3) is 0 Å². The van der Waals surface area contributed by atoms with E-state index in [1.165, 1.54) is 12.1 Å². The van der Waals surface area contributed by atoms with E-state index in [2.05, 4.69) is 0 Å². The normalized spacial score (nSPS) is 25.4. The van der Waals surface area contributed by atoms with Crippen molar-refractivity contribution in [1.82, 2.24) is 4.31 Å². The quantitative estimate of drug-likeness (QED) is 0.860. The molecule has 0 unspecified atom stereocenters. The van der Waals surface area contributed by atoms with E-state index in [-0.39, 0.29) is 17.0 Å². The molecule has 3 rings (SSSR count). The molecule has 1 saturated carbocycles. The van der Waals surface area contributed by atoms with Crippen LogP contribution in [0.3, 0.4) is 0 Å². The van der Waals surface area contributed by atoms with Gasteiger partial charge in [0, 0.05) is 13.1 Å². The highest BCUT2D eigenvalue weighted by atomic mass is 32.2. The molecule has 110 valence electrons. The monoisotopic (exact) mass is 297 g/mol. The molecule has 0 spiro atoms. The Morgan fingerprint density at radius 3 is 2.40 bits per heavy atom. The van der Waals surface area contributed by atoms with Crippen LogP contribution in [-0.4, -0.2) is 31.1 Å². The van der Waals surface area contributed by atoms with E-state index in [1.807, 2.05) is 0 Å². The molecule has 0 aromatic heterocycles. The molecule has 0 bridgehead atoms. The minimum atomic E-state index is -3.10. The first-order valence-corrected chi connectivity index (χ1v) is 8.82. The molecule has 1 atom stereocenters. The molecule has 1 aromatic rings. The van der Waals surface area contributed by atoms with E-state index in [0.29, 0.717) is 13.1 Å². The maximum Gasteiger partial charge on any atom is 0.217 e. The fourth-order valence-corrected chi connectivity index (χ4v) is 4.85. The SMILES string of the molecule is O=S(=O)(C1CC1)N1CCCC[C@H](c2ccc(F)cc2)C1. The topological polar surface area (TPSA) is 37.4 Å². The van der Waals surface area contributed by atoms with E-state index in [0.717, 1.165) is 37.7 Å². The Labute approximate surface area is 119 Å². The Hall–Kier alpha value is -0.940. The van der Waals surface area contributed by atoms with Crippen molar-refractivity contribution in [2.75, 3.05) is 13.1 Å². The molecule has 2 aliphatic rings. The molecule has 0 radical (unpaired) electrons. The molecule has 5 heteroatoms. The highest BCUT2D eigenvalue weighted by molar-refractivity contribution is 7.90. The lowest BCUT2D eigenvalue weighted by Crippen LogP contribution is -2.36. The summed E-state index contributed by atoms with van der Waals surface area (Å²) in [6.07, 6.45) is 4.53. The molecule has 1 aromatic carbocycles. The zero-order valence-corrected chi connectivity index (χ0v) is 12.3. The van der Waals surface area contributed by atoms with Crippen molar-refractivity contribution in [2.24, 2.45) is 0 Å². The first kappa shape index (κ1) is 14.0. The zero-order valence-electron chi connectivity index (χ0n) is 11.5. The average molecular weight is 297 g/mol. The van der Waals surface area contributed by atoms with Gasteiger partial charge in [-0.3, -0.25) is 0 Å². The van der Waals surface area contributed by atoms with Gasteiger partial charge in [-0.25, -0.2) is 17.1 Å². The van der Waals surface area contributed by atoms with Crippen molar-refractivity contribution in [1.29, 1.82) is 0 Å². The van der Waals surface area contributed by atoms with Crippen molar-refractivity contribution in [3.63, 3.8) is 0 Å². The fourth-order valence-electron chi connectivity index (χ4n) is 2.92. The Balaban J connectivity index is 1.80. The van der Waals surface area contributed by atoms with Gasteiger partial charge in [0.05, 0.1) is 5.25 Å². The van der Waals surface area contributed by atoms with Crippen molar-refractivity contribution in [3.05, 3.63) is 35.6 Å². The minimum absolute atomic E-state index is 0.144. The highest BCUT2D eigenvalue weighted by Gasteiger charge is 2.41. The third kappa shape index (κ3) is 2.88. The van der Waals surface area contributed by atoms with Gasteiger partial charge in [0.15, 0.2) is 0 Å². The van der Waals surface area contributed by atoms with Crippen LogP contribution >= 0.6 is 0 Å². The number of sulfonamides is 1. The van der Waals surface area contributed by atoms with Gasteiger partial charge in [-0.05, 0) is 49.3 Å². The number of nitrogens with zero attached hydrogens (tertiary/aromatic N) is 1. The van der Waals surface area contributed by atoms with Crippen LogP contribution in [0.4, 0.5) is 4.39 Å². The predicted molar refractivity (Wildman–Crippen MR) is 76.5 cm³/mol. The molecular weight excluding hydrogens is 277 g/mol. The lowest BCUT2D eigenvalue weighted by atomic mass is 9.95. The summed E-state index contributed by atoms with van der Waals surface area (Å²) in [5, 5.41) is -0.144. The van der Waals surface area contributed by atoms with Crippen molar-refractivity contribution < 1.29 is 12.8 Å². The van der Waals surface area contributed by atoms with Gasteiger partial charge in [0.25, 0.3) is 0 Å². The van der Waals surface area contributed by atoms with Crippen LogP contribution in [0.5, 0.6) is 0 Å². The van der Waals surface area contributed by atoms with Gasteiger partial charge >= 0.3 is 0 Å². The first-order chi connectivity index (χ1) is 9.57. The number of rotatable bonds is 3. The van der Waals surface area contributed by atoms with E-state index < -0.39 is 10.0 Å². The van der Waals surface area contributed by atoms with Crippen LogP contribution in [-0.2, 0) is 10.0 Å². The van der Waals surface area contributed by atoms with Crippen LogP contribution in [0.1, 0.15) is 43.6 Å². The molecule has 2 fully saturated rings. The summed E-state index contributed by atoms with van der Waals surface area (Å²) in [6, 6.07) is 6.49. The molecule has 1 aliphatic heterocycles. The van der Waals surface area contributed by atoms with Crippen molar-refractivity contribution in [2.45, 2.75) is 43.3 Å². The Morgan fingerprint density at radius 1 is 1.05 bits per heavy atom. The Bertz CT molecular complexity index is 566. The fraction of sp³-hybridized carbons (Fsp3) is 0.600. The van der Waals surface area contributed by atoms with Gasteiger partial charge in [-0.2, -0.15) is 0 Å². The molecule has 0 amide bonds. The second-order valence-electron chi connectivity index (χ2n) is 5.85. The number of halogens is 1. The maximum atomic E-state index is 13.0. The third-order valence-electron chi connectivity index (χ3n) is 4.28. The summed E-state index contributed by atoms with van der Waals surface area (Å²) >= 11 is 0. The first-order valence-electron chi connectivity index (χ1n) is 7.32. The smallest absolute Gasteiger partial charge is 0.212 e. The molecule has 0 N–H and O–H groups in total. The second kappa shape index (κ2) is 5.45. The molecule has 1 aliphatic carbocycles. The van der Waals surface area contributed by atoms with E-state index in [9.17, 15) is 12.8 Å². The molecule has 1 saturated heterocycles. The summed E-state index contributed by atoms with van der Waals surface area (Å²) in [6.45, 7) is 1.18. The zero-order chi connectivity index (χ0) is 14.2. The van der Waals surface area contributed by atoms with Gasteiger partial charge in [-0.15, -0.1) is 0 Å². The number of hydrogen-bond acceptors (Lipinski definition) is 2. The van der Waals surface area contributed by atoms with E-state index in [1.54, 1.807) is 16.4 Å². The number of hydrogen-bond donors (Lipinski definition) is 0. The average Bonchev–Trinajstić information content (AvgIpc) is 3.26. The third-order valence-corrected chi connectivity index (χ3v) is 6.65. The Morgan fingerprint density at radius 2 is 1.75 bits per heavy atom. The largest absolute Gasteiger partial charge is 0.217 e. The minimum Gasteiger partial charge on any atom is -0.212 e. The van der Waals surface area contributed by atoms with Crippen molar-refractivity contribution in [3.8, 4) is 0 Å². The molecule has 20 heavy (non-hydrogen) atoms. The van der Waals surface area contributed by atoms with E-state index in [4.69, 9.17) is 0 Å². The summed E-state index contributed by atoms with van der Waals surface area (Å²) in [4.78, 5) is 0. The summed E-state index contributed by atoms with van der Waals surface area (Å²) in [5.74, 6) is -0.0588. The summed E-state index contributed by atoms with van der Waals surface area (Å²) in [5.41, 5.74) is 1.05. The molecule has 1 heterocycles. The molecule has 3 nitrogen and oxygen atoms in total. The van der Waals surface area contributed by atoms with Crippen LogP contribution in [0.15, 0.2) is 24.3 Å². The van der Waals surface area contributed by atoms with Gasteiger partial charge in [0.1, 0.15) is 5.82 Å². The van der Waals surface area contributed by atoms with Crippen molar-refractivity contribution >= 4 is 10.0 Å². The van der Waals surface area contributed by atoms with Gasteiger partial charge < -0.3 is 0 Å². The molecular formula is C15H20FNO2S. The second-order valence-corrected chi connectivity index (χ2v) is 8.06. The standard InChI is InChI=1S/C15H20FNO2S/c16-14-6-4-12(5-7-14)13-3-1-2-10-17(11-13)20(18,19)15-8-9-15/h4-7,13,15H,1-3,8-11H2/t13-/m0/s1. The highest BCUT2D eigenvalue weighted by Crippen LogP contribution is 2.34. The number of benzene rings is 1. The van der Waals surface area contributed by atoms with E-state index >= 15 is 0 Å². The van der Waals surface area contributed by atoms with Crippen LogP contribution in [0, 0.1) is 5.82 Å². The van der Waals surface area contributed by atoms with Gasteiger partial charge in [-0.1, -0.05) is 18.6 Å². The maximum absolute atomic E-state index is 13.0. The lowest BCUT2D eigenvalue weighted by Gasteiger charge is -2.24. The Kier molecular flexibility index (Phi) is 3.82. The van der Waals surface area contributed by atoms with Gasteiger partial charge in [0.2, 0.25) is 10.0 Å². The lowest BCUT2D eigenvalue weighted by molar-refractivity contribution is 0.405. The van der Waals surface area contributed by atoms with Crippen LogP contribution in [0.2, 0.25) is 0 Å². The summed E-state index contributed by atoms with van der Waals surface area (Å²) in [7, 11) is -3.10. The summed E-state index contributed by atoms with van der Waals surface area (Å²) < 4.78 is 39.5. The van der Waals surface area contributed by atoms with Crippen LogP contribution < -0.4 is 0 Å². The predicted octanol–water partition coefficient (Wildman–Crippen LogP) is 2.89.